The molecule has 4 heteroatoms. The van der Waals surface area contributed by atoms with Crippen LogP contribution in [-0.2, 0) is 19.1 Å². The molecule has 162 valence electrons. The molecule has 28 heavy (non-hydrogen) atoms. The molecule has 0 saturated heterocycles. The van der Waals surface area contributed by atoms with Gasteiger partial charge in [0.1, 0.15) is 0 Å². The Labute approximate surface area is 172 Å². The molecule has 0 spiro atoms. The smallest absolute Gasteiger partial charge is 0.310 e. The topological polar surface area (TPSA) is 52.6 Å². The summed E-state index contributed by atoms with van der Waals surface area (Å²) in [5.74, 6) is -0.848. The number of hydrogen-bond donors (Lipinski definition) is 0. The monoisotopic (exact) mass is 394 g/mol. The molecule has 1 aliphatic carbocycles. The third-order valence-electron chi connectivity index (χ3n) is 5.78. The first-order valence-corrected chi connectivity index (χ1v) is 11.6. The summed E-state index contributed by atoms with van der Waals surface area (Å²) in [6.07, 6.45) is 16.5. The summed E-state index contributed by atoms with van der Waals surface area (Å²) in [6, 6.07) is 0. The Morgan fingerprint density at radius 1 is 0.821 bits per heavy atom. The van der Waals surface area contributed by atoms with E-state index in [0.29, 0.717) is 32.0 Å². The van der Waals surface area contributed by atoms with E-state index in [1.54, 1.807) is 0 Å². The molecular weight excluding hydrogens is 352 g/mol. The molecular formula is C24H42O4. The minimum atomic E-state index is -0.397. The first-order chi connectivity index (χ1) is 13.6. The lowest BCUT2D eigenvalue weighted by Gasteiger charge is -2.26. The van der Waals surface area contributed by atoms with Crippen LogP contribution in [0.5, 0.6) is 0 Å². The molecule has 0 radical (unpaired) electrons. The number of ether oxygens (including phenoxy) is 2. The SMILES string of the molecule is CCCCCCCCOC(=O)C1CC=CCC1C(=O)OCC(CC)CCCC. The van der Waals surface area contributed by atoms with Gasteiger partial charge in [0.15, 0.2) is 0 Å². The lowest BCUT2D eigenvalue weighted by molar-refractivity contribution is -0.162. The van der Waals surface area contributed by atoms with Gasteiger partial charge in [-0.2, -0.15) is 0 Å². The molecule has 0 N–H and O–H groups in total. The summed E-state index contributed by atoms with van der Waals surface area (Å²) in [7, 11) is 0. The molecule has 0 saturated carbocycles. The van der Waals surface area contributed by atoms with Crippen LogP contribution in [0.4, 0.5) is 0 Å². The molecule has 1 aliphatic rings. The van der Waals surface area contributed by atoms with Crippen molar-refractivity contribution in [2.75, 3.05) is 13.2 Å². The Kier molecular flexibility index (Phi) is 13.8. The van der Waals surface area contributed by atoms with E-state index in [1.165, 1.54) is 25.7 Å². The van der Waals surface area contributed by atoms with Crippen molar-refractivity contribution in [1.29, 1.82) is 0 Å². The molecule has 0 aromatic rings. The third-order valence-corrected chi connectivity index (χ3v) is 5.78. The maximum atomic E-state index is 12.6. The molecule has 0 aliphatic heterocycles. The summed E-state index contributed by atoms with van der Waals surface area (Å²) in [4.78, 5) is 25.1. The van der Waals surface area contributed by atoms with Crippen LogP contribution in [0.25, 0.3) is 0 Å². The van der Waals surface area contributed by atoms with Crippen molar-refractivity contribution in [3.05, 3.63) is 12.2 Å². The lowest BCUT2D eigenvalue weighted by atomic mass is 9.83. The van der Waals surface area contributed by atoms with Gasteiger partial charge < -0.3 is 9.47 Å². The van der Waals surface area contributed by atoms with E-state index >= 15 is 0 Å². The van der Waals surface area contributed by atoms with Crippen molar-refractivity contribution in [1.82, 2.24) is 0 Å². The van der Waals surface area contributed by atoms with Gasteiger partial charge in [-0.1, -0.05) is 84.3 Å². The number of rotatable bonds is 15. The maximum Gasteiger partial charge on any atom is 0.310 e. The predicted octanol–water partition coefficient (Wildman–Crippen LogP) is 6.23. The Morgan fingerprint density at radius 3 is 2.00 bits per heavy atom. The highest BCUT2D eigenvalue weighted by molar-refractivity contribution is 5.82. The number of esters is 2. The minimum Gasteiger partial charge on any atom is -0.465 e. The Morgan fingerprint density at radius 2 is 1.39 bits per heavy atom. The van der Waals surface area contributed by atoms with Crippen molar-refractivity contribution in [3.8, 4) is 0 Å². The van der Waals surface area contributed by atoms with Gasteiger partial charge in [0.25, 0.3) is 0 Å². The Balaban J connectivity index is 2.39. The standard InChI is InChI=1S/C24H42O4/c1-4-7-9-10-11-14-18-27-23(25)21-16-12-13-17-22(21)24(26)28-19-20(6-3)15-8-5-2/h12-13,20-22H,4-11,14-19H2,1-3H3. The summed E-state index contributed by atoms with van der Waals surface area (Å²) >= 11 is 0. The zero-order valence-electron chi connectivity index (χ0n) is 18.4. The van der Waals surface area contributed by atoms with Crippen LogP contribution in [0.15, 0.2) is 12.2 Å². The first kappa shape index (κ1) is 24.7. The normalized spacial score (nSPS) is 20.0. The average Bonchev–Trinajstić information content (AvgIpc) is 2.72. The highest BCUT2D eigenvalue weighted by Crippen LogP contribution is 2.28. The maximum absolute atomic E-state index is 12.6. The van der Waals surface area contributed by atoms with Crippen LogP contribution >= 0.6 is 0 Å². The summed E-state index contributed by atoms with van der Waals surface area (Å²) < 4.78 is 11.1. The van der Waals surface area contributed by atoms with Crippen LogP contribution in [0, 0.1) is 17.8 Å². The van der Waals surface area contributed by atoms with Gasteiger partial charge >= 0.3 is 11.9 Å². The third kappa shape index (κ3) is 9.75. The highest BCUT2D eigenvalue weighted by atomic mass is 16.5. The van der Waals surface area contributed by atoms with Crippen molar-refractivity contribution >= 4 is 11.9 Å². The van der Waals surface area contributed by atoms with Crippen LogP contribution in [0.1, 0.15) is 97.8 Å². The molecule has 3 unspecified atom stereocenters. The number of allylic oxidation sites excluding steroid dienone is 2. The number of carbonyl (C=O) groups is 2. The van der Waals surface area contributed by atoms with Crippen LogP contribution in [0.2, 0.25) is 0 Å². The van der Waals surface area contributed by atoms with E-state index in [0.717, 1.165) is 38.5 Å². The first-order valence-electron chi connectivity index (χ1n) is 11.6. The van der Waals surface area contributed by atoms with E-state index in [2.05, 4.69) is 20.8 Å². The zero-order chi connectivity index (χ0) is 20.6. The largest absolute Gasteiger partial charge is 0.465 e. The quantitative estimate of drug-likeness (QED) is 0.188. The van der Waals surface area contributed by atoms with Crippen molar-refractivity contribution in [3.63, 3.8) is 0 Å². The molecule has 4 nitrogen and oxygen atoms in total. The van der Waals surface area contributed by atoms with Crippen LogP contribution < -0.4 is 0 Å². The Hall–Kier alpha value is -1.32. The van der Waals surface area contributed by atoms with Crippen LogP contribution in [-0.4, -0.2) is 25.2 Å². The fraction of sp³-hybridized carbons (Fsp3) is 0.833. The molecule has 0 aromatic heterocycles. The molecule has 0 amide bonds. The van der Waals surface area contributed by atoms with E-state index in [1.807, 2.05) is 12.2 Å². The minimum absolute atomic E-state index is 0.235. The number of unbranched alkanes of at least 4 members (excludes halogenated alkanes) is 6. The second-order valence-corrected chi connectivity index (χ2v) is 8.14. The molecule has 1 rings (SSSR count). The van der Waals surface area contributed by atoms with Gasteiger partial charge in [0.05, 0.1) is 25.0 Å². The zero-order valence-corrected chi connectivity index (χ0v) is 18.4. The molecule has 0 fully saturated rings. The summed E-state index contributed by atoms with van der Waals surface area (Å²) in [5, 5.41) is 0. The van der Waals surface area contributed by atoms with Gasteiger partial charge in [-0.25, -0.2) is 0 Å². The van der Waals surface area contributed by atoms with Crippen molar-refractivity contribution < 1.29 is 19.1 Å². The van der Waals surface area contributed by atoms with Gasteiger partial charge in [0, 0.05) is 0 Å². The average molecular weight is 395 g/mol. The van der Waals surface area contributed by atoms with E-state index in [9.17, 15) is 9.59 Å². The number of hydrogen-bond acceptors (Lipinski definition) is 4. The lowest BCUT2D eigenvalue weighted by Crippen LogP contribution is -2.34. The van der Waals surface area contributed by atoms with E-state index in [-0.39, 0.29) is 11.9 Å². The van der Waals surface area contributed by atoms with Gasteiger partial charge in [-0.05, 0) is 31.6 Å². The fourth-order valence-corrected chi connectivity index (χ4v) is 3.70. The molecule has 3 atom stereocenters. The second-order valence-electron chi connectivity index (χ2n) is 8.14. The Bertz CT molecular complexity index is 458. The second kappa shape index (κ2) is 15.6. The predicted molar refractivity (Wildman–Crippen MR) is 114 cm³/mol. The van der Waals surface area contributed by atoms with Gasteiger partial charge in [-0.3, -0.25) is 9.59 Å². The summed E-state index contributed by atoms with van der Waals surface area (Å²) in [6.45, 7) is 7.45. The van der Waals surface area contributed by atoms with Gasteiger partial charge in [0.2, 0.25) is 0 Å². The van der Waals surface area contributed by atoms with E-state index < -0.39 is 11.8 Å². The molecule has 0 bridgehead atoms. The van der Waals surface area contributed by atoms with Crippen molar-refractivity contribution in [2.45, 2.75) is 97.8 Å². The molecule has 0 aromatic carbocycles. The van der Waals surface area contributed by atoms with Crippen LogP contribution in [0.3, 0.4) is 0 Å². The fourth-order valence-electron chi connectivity index (χ4n) is 3.70. The van der Waals surface area contributed by atoms with E-state index in [4.69, 9.17) is 9.47 Å². The molecule has 0 heterocycles. The van der Waals surface area contributed by atoms with Crippen molar-refractivity contribution in [2.24, 2.45) is 17.8 Å². The highest BCUT2D eigenvalue weighted by Gasteiger charge is 2.36. The van der Waals surface area contributed by atoms with Gasteiger partial charge in [-0.15, -0.1) is 0 Å². The number of carbonyl (C=O) groups excluding carboxylic acids is 2. The summed E-state index contributed by atoms with van der Waals surface area (Å²) in [5.41, 5.74) is 0.